The van der Waals surface area contributed by atoms with E-state index in [0.717, 1.165) is 25.7 Å². The van der Waals surface area contributed by atoms with Gasteiger partial charge in [0.05, 0.1) is 11.8 Å². The normalized spacial score (nSPS) is 32.6. The van der Waals surface area contributed by atoms with Crippen LogP contribution in [0.3, 0.4) is 0 Å². The molecule has 23 heavy (non-hydrogen) atoms. The van der Waals surface area contributed by atoms with Crippen LogP contribution in [0.1, 0.15) is 45.4 Å². The van der Waals surface area contributed by atoms with E-state index in [-0.39, 0.29) is 36.6 Å². The van der Waals surface area contributed by atoms with Crippen LogP contribution < -0.4 is 0 Å². The van der Waals surface area contributed by atoms with Gasteiger partial charge < -0.3 is 14.9 Å². The lowest BCUT2D eigenvalue weighted by molar-refractivity contribution is -0.148. The van der Waals surface area contributed by atoms with E-state index in [1.165, 1.54) is 0 Å². The first kappa shape index (κ1) is 16.3. The SMILES string of the molecule is CC1CC(C(=O)O)CN(C(=O)C2CC(=O)N(C3CCCC3)C2)C1. The molecular weight excluding hydrogens is 296 g/mol. The van der Waals surface area contributed by atoms with Gasteiger partial charge in [0.25, 0.3) is 0 Å². The molecule has 3 aliphatic rings. The fourth-order valence-corrected chi connectivity index (χ4v) is 4.43. The highest BCUT2D eigenvalue weighted by atomic mass is 16.4. The van der Waals surface area contributed by atoms with Gasteiger partial charge in [-0.1, -0.05) is 19.8 Å². The van der Waals surface area contributed by atoms with Crippen LogP contribution >= 0.6 is 0 Å². The Kier molecular flexibility index (Phi) is 4.60. The molecule has 0 radical (unpaired) electrons. The van der Waals surface area contributed by atoms with Crippen molar-refractivity contribution in [1.29, 1.82) is 0 Å². The van der Waals surface area contributed by atoms with E-state index in [9.17, 15) is 19.5 Å². The number of piperidine rings is 1. The highest BCUT2D eigenvalue weighted by Gasteiger charge is 2.42. The number of aliphatic carboxylic acids is 1. The third kappa shape index (κ3) is 3.35. The van der Waals surface area contributed by atoms with Crippen LogP contribution in [0.15, 0.2) is 0 Å². The summed E-state index contributed by atoms with van der Waals surface area (Å²) in [5.74, 6) is -1.35. The summed E-state index contributed by atoms with van der Waals surface area (Å²) in [6.07, 6.45) is 5.34. The average molecular weight is 322 g/mol. The average Bonchev–Trinajstić information content (AvgIpc) is 3.14. The molecule has 3 unspecified atom stereocenters. The Hall–Kier alpha value is -1.59. The van der Waals surface area contributed by atoms with E-state index in [0.29, 0.717) is 25.6 Å². The molecule has 1 aliphatic carbocycles. The molecule has 128 valence electrons. The molecule has 3 fully saturated rings. The van der Waals surface area contributed by atoms with Crippen molar-refractivity contribution < 1.29 is 19.5 Å². The van der Waals surface area contributed by atoms with Crippen LogP contribution in [0.4, 0.5) is 0 Å². The number of likely N-dealkylation sites (tertiary alicyclic amines) is 2. The molecule has 0 spiro atoms. The fourth-order valence-electron chi connectivity index (χ4n) is 4.43. The van der Waals surface area contributed by atoms with E-state index in [1.807, 2.05) is 11.8 Å². The fraction of sp³-hybridized carbons (Fsp3) is 0.824. The Morgan fingerprint density at radius 1 is 1.09 bits per heavy atom. The Balaban J connectivity index is 1.63. The van der Waals surface area contributed by atoms with Gasteiger partial charge in [-0.15, -0.1) is 0 Å². The van der Waals surface area contributed by atoms with Gasteiger partial charge in [-0.2, -0.15) is 0 Å². The summed E-state index contributed by atoms with van der Waals surface area (Å²) in [6, 6.07) is 0.312. The van der Waals surface area contributed by atoms with Crippen molar-refractivity contribution in [3.63, 3.8) is 0 Å². The van der Waals surface area contributed by atoms with Crippen LogP contribution in [0.2, 0.25) is 0 Å². The Morgan fingerprint density at radius 2 is 1.78 bits per heavy atom. The minimum Gasteiger partial charge on any atom is -0.481 e. The zero-order valence-corrected chi connectivity index (χ0v) is 13.7. The third-order valence-corrected chi connectivity index (χ3v) is 5.59. The molecule has 3 atom stereocenters. The topological polar surface area (TPSA) is 77.9 Å². The maximum absolute atomic E-state index is 12.8. The number of carbonyl (C=O) groups is 3. The molecule has 1 saturated carbocycles. The second-order valence-electron chi connectivity index (χ2n) is 7.50. The first-order chi connectivity index (χ1) is 11.0. The highest BCUT2D eigenvalue weighted by Crippen LogP contribution is 2.31. The standard InChI is InChI=1S/C17H26N2O4/c1-11-6-13(17(22)23)9-18(8-11)16(21)12-7-15(20)19(10-12)14-4-2-3-5-14/h11-14H,2-10H2,1H3,(H,22,23). The van der Waals surface area contributed by atoms with Crippen molar-refractivity contribution in [2.24, 2.45) is 17.8 Å². The highest BCUT2D eigenvalue weighted by molar-refractivity contribution is 5.89. The van der Waals surface area contributed by atoms with Gasteiger partial charge in [0.15, 0.2) is 0 Å². The van der Waals surface area contributed by atoms with Crippen molar-refractivity contribution in [2.45, 2.75) is 51.5 Å². The number of nitrogens with zero attached hydrogens (tertiary/aromatic N) is 2. The van der Waals surface area contributed by atoms with Crippen molar-refractivity contribution >= 4 is 17.8 Å². The second-order valence-corrected chi connectivity index (χ2v) is 7.50. The van der Waals surface area contributed by atoms with Gasteiger partial charge >= 0.3 is 5.97 Å². The van der Waals surface area contributed by atoms with Gasteiger partial charge in [-0.05, 0) is 25.2 Å². The summed E-state index contributed by atoms with van der Waals surface area (Å²) in [6.45, 7) is 3.40. The number of carbonyl (C=O) groups excluding carboxylic acids is 2. The lowest BCUT2D eigenvalue weighted by Gasteiger charge is -2.36. The summed E-state index contributed by atoms with van der Waals surface area (Å²) >= 11 is 0. The van der Waals surface area contributed by atoms with Crippen molar-refractivity contribution in [3.8, 4) is 0 Å². The van der Waals surface area contributed by atoms with Crippen LogP contribution in [0.25, 0.3) is 0 Å². The summed E-state index contributed by atoms with van der Waals surface area (Å²) in [4.78, 5) is 39.9. The summed E-state index contributed by atoms with van der Waals surface area (Å²) in [5.41, 5.74) is 0. The zero-order chi connectivity index (χ0) is 16.6. The molecule has 6 nitrogen and oxygen atoms in total. The predicted molar refractivity (Wildman–Crippen MR) is 83.6 cm³/mol. The molecule has 2 amide bonds. The van der Waals surface area contributed by atoms with Gasteiger partial charge in [-0.25, -0.2) is 0 Å². The predicted octanol–water partition coefficient (Wildman–Crippen LogP) is 1.35. The minimum atomic E-state index is -0.829. The maximum Gasteiger partial charge on any atom is 0.308 e. The molecule has 1 N–H and O–H groups in total. The third-order valence-electron chi connectivity index (χ3n) is 5.59. The van der Waals surface area contributed by atoms with E-state index in [2.05, 4.69) is 0 Å². The molecule has 2 saturated heterocycles. The number of carboxylic acid groups (broad SMARTS) is 1. The summed E-state index contributed by atoms with van der Waals surface area (Å²) in [7, 11) is 0. The molecule has 0 aromatic heterocycles. The van der Waals surface area contributed by atoms with Gasteiger partial charge in [0, 0.05) is 32.1 Å². The molecule has 6 heteroatoms. The van der Waals surface area contributed by atoms with E-state index < -0.39 is 11.9 Å². The van der Waals surface area contributed by atoms with Crippen molar-refractivity contribution in [2.75, 3.05) is 19.6 Å². The lowest BCUT2D eigenvalue weighted by Crippen LogP contribution is -2.48. The number of hydrogen-bond donors (Lipinski definition) is 1. The monoisotopic (exact) mass is 322 g/mol. The number of carboxylic acids is 1. The van der Waals surface area contributed by atoms with E-state index >= 15 is 0 Å². The van der Waals surface area contributed by atoms with Crippen LogP contribution in [0.5, 0.6) is 0 Å². The van der Waals surface area contributed by atoms with Crippen LogP contribution in [-0.4, -0.2) is 58.4 Å². The quantitative estimate of drug-likeness (QED) is 0.851. The second kappa shape index (κ2) is 6.49. The van der Waals surface area contributed by atoms with Gasteiger partial charge in [0.2, 0.25) is 11.8 Å². The molecule has 0 bridgehead atoms. The largest absolute Gasteiger partial charge is 0.481 e. The van der Waals surface area contributed by atoms with Crippen LogP contribution in [0, 0.1) is 17.8 Å². The summed E-state index contributed by atoms with van der Waals surface area (Å²) < 4.78 is 0. The zero-order valence-electron chi connectivity index (χ0n) is 13.7. The Labute approximate surface area is 136 Å². The van der Waals surface area contributed by atoms with Gasteiger partial charge in [-0.3, -0.25) is 14.4 Å². The maximum atomic E-state index is 12.8. The number of rotatable bonds is 3. The Morgan fingerprint density at radius 3 is 2.43 bits per heavy atom. The van der Waals surface area contributed by atoms with Crippen LogP contribution in [-0.2, 0) is 14.4 Å². The summed E-state index contributed by atoms with van der Waals surface area (Å²) in [5, 5.41) is 9.25. The molecule has 2 heterocycles. The smallest absolute Gasteiger partial charge is 0.308 e. The van der Waals surface area contributed by atoms with E-state index in [4.69, 9.17) is 0 Å². The van der Waals surface area contributed by atoms with Gasteiger partial charge in [0.1, 0.15) is 0 Å². The lowest BCUT2D eigenvalue weighted by atomic mass is 9.89. The van der Waals surface area contributed by atoms with Crippen molar-refractivity contribution in [3.05, 3.63) is 0 Å². The number of hydrogen-bond acceptors (Lipinski definition) is 3. The Bertz CT molecular complexity index is 501. The molecule has 0 aromatic rings. The number of amides is 2. The molecular formula is C17H26N2O4. The first-order valence-corrected chi connectivity index (χ1v) is 8.76. The van der Waals surface area contributed by atoms with E-state index in [1.54, 1.807) is 4.90 Å². The molecule has 3 rings (SSSR count). The molecule has 0 aromatic carbocycles. The molecule has 2 aliphatic heterocycles. The first-order valence-electron chi connectivity index (χ1n) is 8.76. The van der Waals surface area contributed by atoms with Crippen molar-refractivity contribution in [1.82, 2.24) is 9.80 Å². The minimum absolute atomic E-state index is 0.0309.